The average molecular weight is 661 g/mol. The van der Waals surface area contributed by atoms with E-state index in [1.165, 1.54) is 49.8 Å². The highest BCUT2D eigenvalue weighted by molar-refractivity contribution is 6.09. The first-order chi connectivity index (χ1) is 24.0. The third-order valence-electron chi connectivity index (χ3n) is 9.86. The fourth-order valence-electron chi connectivity index (χ4n) is 7.33. The summed E-state index contributed by atoms with van der Waals surface area (Å²) in [6, 6.07) is 32.4. The van der Waals surface area contributed by atoms with E-state index in [1.807, 2.05) is 6.20 Å². The van der Waals surface area contributed by atoms with E-state index in [1.54, 1.807) is 0 Å². The van der Waals surface area contributed by atoms with Crippen molar-refractivity contribution in [2.75, 3.05) is 0 Å². The zero-order chi connectivity index (χ0) is 35.3. The monoisotopic (exact) mass is 660 g/mol. The molecule has 5 heteroatoms. The van der Waals surface area contributed by atoms with Gasteiger partial charge in [0.2, 0.25) is 0 Å². The second-order valence-electron chi connectivity index (χ2n) is 14.8. The number of fused-ring (bicyclic) bond motifs is 3. The largest absolute Gasteiger partial charge is 0.457 e. The third kappa shape index (κ3) is 6.10. The van der Waals surface area contributed by atoms with Crippen LogP contribution < -0.4 is 4.74 Å². The van der Waals surface area contributed by atoms with Crippen LogP contribution in [0.5, 0.6) is 11.5 Å². The van der Waals surface area contributed by atoms with Crippen molar-refractivity contribution in [2.24, 2.45) is 5.92 Å². The maximum absolute atomic E-state index is 6.79. The molecule has 3 heterocycles. The Kier molecular flexibility index (Phi) is 8.86. The van der Waals surface area contributed by atoms with Gasteiger partial charge in [0.05, 0.1) is 28.1 Å². The number of para-hydroxylation sites is 1. The molecular formula is C45H48N4O. The fraction of sp³-hybridized carbons (Fsp3) is 0.289. The van der Waals surface area contributed by atoms with E-state index in [4.69, 9.17) is 14.8 Å². The minimum atomic E-state index is 0.310. The summed E-state index contributed by atoms with van der Waals surface area (Å²) in [6.07, 6.45) is 2.83. The van der Waals surface area contributed by atoms with Crippen molar-refractivity contribution in [2.45, 2.75) is 80.6 Å². The summed E-state index contributed by atoms with van der Waals surface area (Å²) in [4.78, 5) is 4.84. The van der Waals surface area contributed by atoms with Crippen molar-refractivity contribution in [1.29, 1.82) is 0 Å². The van der Waals surface area contributed by atoms with Gasteiger partial charge in [-0.3, -0.25) is 4.57 Å². The minimum Gasteiger partial charge on any atom is -0.457 e. The molecule has 4 aromatic carbocycles. The van der Waals surface area contributed by atoms with Crippen LogP contribution >= 0.6 is 0 Å². The van der Waals surface area contributed by atoms with Gasteiger partial charge in [-0.05, 0) is 115 Å². The van der Waals surface area contributed by atoms with Gasteiger partial charge in [-0.25, -0.2) is 9.67 Å². The molecule has 0 fully saturated rings. The molecular weight excluding hydrogens is 613 g/mol. The first-order valence-corrected chi connectivity index (χ1v) is 18.0. The Hall–Kier alpha value is -5.16. The summed E-state index contributed by atoms with van der Waals surface area (Å²) in [5.41, 5.74) is 13.1. The Morgan fingerprint density at radius 2 is 1.36 bits per heavy atom. The van der Waals surface area contributed by atoms with Crippen LogP contribution in [0.1, 0.15) is 87.0 Å². The molecule has 0 aliphatic rings. The lowest BCUT2D eigenvalue weighted by Crippen LogP contribution is -2.08. The Bertz CT molecular complexity index is 2330. The standard InChI is InChI=1S/C45H48N4O/c1-27(2)21-42-45(44-30(7)13-12-14-31(44)8)32(9)47-49(42)35-22-34(29(5)6)23-37(25-35)50-36-17-18-39-38-15-10-11-16-40(38)48(41(39)26-36)43-24-33(28(3)4)19-20-46-43/h10-20,22-29H,21H2,1-9H3. The Balaban J connectivity index is 1.37. The van der Waals surface area contributed by atoms with Gasteiger partial charge in [-0.15, -0.1) is 0 Å². The summed E-state index contributed by atoms with van der Waals surface area (Å²) in [7, 11) is 0. The summed E-state index contributed by atoms with van der Waals surface area (Å²) in [5, 5.41) is 7.59. The van der Waals surface area contributed by atoms with Gasteiger partial charge in [-0.1, -0.05) is 77.9 Å². The van der Waals surface area contributed by atoms with E-state index in [0.29, 0.717) is 17.8 Å². The van der Waals surface area contributed by atoms with Gasteiger partial charge in [0.1, 0.15) is 17.3 Å². The molecule has 0 bridgehead atoms. The van der Waals surface area contributed by atoms with E-state index in [-0.39, 0.29) is 0 Å². The number of benzene rings is 4. The van der Waals surface area contributed by atoms with Crippen molar-refractivity contribution in [3.8, 4) is 34.1 Å². The van der Waals surface area contributed by atoms with E-state index < -0.39 is 0 Å². The van der Waals surface area contributed by atoms with Crippen molar-refractivity contribution in [3.63, 3.8) is 0 Å². The number of ether oxygens (including phenoxy) is 1. The van der Waals surface area contributed by atoms with E-state index in [9.17, 15) is 0 Å². The van der Waals surface area contributed by atoms with Gasteiger partial charge in [0.25, 0.3) is 0 Å². The second-order valence-corrected chi connectivity index (χ2v) is 14.8. The molecule has 0 atom stereocenters. The van der Waals surface area contributed by atoms with Gasteiger partial charge >= 0.3 is 0 Å². The highest BCUT2D eigenvalue weighted by Gasteiger charge is 2.23. The number of pyridine rings is 1. The molecule has 0 amide bonds. The minimum absolute atomic E-state index is 0.310. The summed E-state index contributed by atoms with van der Waals surface area (Å²) in [6.45, 7) is 20.0. The number of rotatable bonds is 9. The number of hydrogen-bond donors (Lipinski definition) is 0. The maximum atomic E-state index is 6.79. The molecule has 5 nitrogen and oxygen atoms in total. The average Bonchev–Trinajstić information content (AvgIpc) is 3.58. The van der Waals surface area contributed by atoms with Crippen molar-refractivity contribution in [3.05, 3.63) is 131 Å². The van der Waals surface area contributed by atoms with Crippen molar-refractivity contribution < 1.29 is 4.74 Å². The fourth-order valence-corrected chi connectivity index (χ4v) is 7.33. The smallest absolute Gasteiger partial charge is 0.137 e. The van der Waals surface area contributed by atoms with Crippen molar-refractivity contribution in [1.82, 2.24) is 19.3 Å². The number of aryl methyl sites for hydroxylation is 3. The SMILES string of the molecule is Cc1cccc(C)c1-c1c(C)nn(-c2cc(Oc3ccc4c5ccccc5n(-c5cc(C(C)C)ccn5)c4c3)cc(C(C)C)c2)c1CC(C)C. The molecule has 50 heavy (non-hydrogen) atoms. The van der Waals surface area contributed by atoms with Gasteiger partial charge in [0.15, 0.2) is 0 Å². The third-order valence-corrected chi connectivity index (χ3v) is 9.86. The predicted molar refractivity (Wildman–Crippen MR) is 209 cm³/mol. The Labute approximate surface area is 296 Å². The lowest BCUT2D eigenvalue weighted by atomic mass is 9.91. The van der Waals surface area contributed by atoms with Crippen LogP contribution in [0.25, 0.3) is 44.4 Å². The van der Waals surface area contributed by atoms with Crippen LogP contribution in [-0.4, -0.2) is 19.3 Å². The summed E-state index contributed by atoms with van der Waals surface area (Å²) < 4.78 is 11.2. The Morgan fingerprint density at radius 3 is 2.08 bits per heavy atom. The van der Waals surface area contributed by atoms with Crippen LogP contribution in [0, 0.1) is 26.7 Å². The van der Waals surface area contributed by atoms with Crippen molar-refractivity contribution >= 4 is 21.8 Å². The molecule has 0 N–H and O–H groups in total. The first kappa shape index (κ1) is 33.3. The zero-order valence-corrected chi connectivity index (χ0v) is 30.9. The van der Waals surface area contributed by atoms with E-state index in [0.717, 1.165) is 46.2 Å². The molecule has 0 radical (unpaired) electrons. The molecule has 0 aliphatic heterocycles. The van der Waals surface area contributed by atoms with Crippen LogP contribution in [0.15, 0.2) is 97.2 Å². The van der Waals surface area contributed by atoms with Gasteiger partial charge in [0, 0.05) is 34.7 Å². The maximum Gasteiger partial charge on any atom is 0.137 e. The van der Waals surface area contributed by atoms with E-state index in [2.05, 4.69) is 163 Å². The molecule has 3 aromatic heterocycles. The second kappa shape index (κ2) is 13.3. The molecule has 0 aliphatic carbocycles. The topological polar surface area (TPSA) is 44.9 Å². The molecule has 7 rings (SSSR count). The molecule has 0 saturated carbocycles. The zero-order valence-electron chi connectivity index (χ0n) is 30.9. The van der Waals surface area contributed by atoms with Crippen LogP contribution in [0.4, 0.5) is 0 Å². The summed E-state index contributed by atoms with van der Waals surface area (Å²) >= 11 is 0. The van der Waals surface area contributed by atoms with Crippen LogP contribution in [0.2, 0.25) is 0 Å². The summed E-state index contributed by atoms with van der Waals surface area (Å²) in [5.74, 6) is 3.67. The predicted octanol–water partition coefficient (Wildman–Crippen LogP) is 12.2. The molecule has 0 spiro atoms. The Morgan fingerprint density at radius 1 is 0.640 bits per heavy atom. The quantitative estimate of drug-likeness (QED) is 0.155. The lowest BCUT2D eigenvalue weighted by molar-refractivity contribution is 0.481. The number of hydrogen-bond acceptors (Lipinski definition) is 3. The number of nitrogens with zero attached hydrogens (tertiary/aromatic N) is 4. The van der Waals surface area contributed by atoms with Crippen LogP contribution in [-0.2, 0) is 6.42 Å². The highest BCUT2D eigenvalue weighted by Crippen LogP contribution is 2.39. The molecule has 0 unspecified atom stereocenters. The molecule has 7 aromatic rings. The molecule has 254 valence electrons. The van der Waals surface area contributed by atoms with Crippen LogP contribution in [0.3, 0.4) is 0 Å². The highest BCUT2D eigenvalue weighted by atomic mass is 16.5. The van der Waals surface area contributed by atoms with E-state index >= 15 is 0 Å². The lowest BCUT2D eigenvalue weighted by Gasteiger charge is -2.17. The number of aromatic nitrogens is 4. The molecule has 0 saturated heterocycles. The van der Waals surface area contributed by atoms with Gasteiger partial charge < -0.3 is 4.74 Å². The van der Waals surface area contributed by atoms with Gasteiger partial charge in [-0.2, -0.15) is 5.10 Å². The first-order valence-electron chi connectivity index (χ1n) is 18.0. The normalized spacial score (nSPS) is 11.9.